The van der Waals surface area contributed by atoms with Crippen molar-refractivity contribution < 1.29 is 4.74 Å². The molecule has 4 nitrogen and oxygen atoms in total. The van der Waals surface area contributed by atoms with Crippen LogP contribution in [0, 0.1) is 0 Å². The van der Waals surface area contributed by atoms with Gasteiger partial charge >= 0.3 is 0 Å². The second-order valence-electron chi connectivity index (χ2n) is 5.49. The van der Waals surface area contributed by atoms with Crippen molar-refractivity contribution in [3.05, 3.63) is 64.4 Å². The van der Waals surface area contributed by atoms with Crippen molar-refractivity contribution in [1.29, 1.82) is 0 Å². The summed E-state index contributed by atoms with van der Waals surface area (Å²) in [5.41, 5.74) is 2.52. The summed E-state index contributed by atoms with van der Waals surface area (Å²) in [5, 5.41) is 0.602. The highest BCUT2D eigenvalue weighted by Gasteiger charge is 2.06. The Morgan fingerprint density at radius 2 is 1.95 bits per heavy atom. The number of nitrogens with zero attached hydrogens (tertiary/aromatic N) is 1. The molecule has 0 aliphatic carbocycles. The van der Waals surface area contributed by atoms with Crippen molar-refractivity contribution in [2.45, 2.75) is 26.6 Å². The van der Waals surface area contributed by atoms with Crippen LogP contribution in [-0.4, -0.2) is 16.1 Å². The van der Waals surface area contributed by atoms with Gasteiger partial charge in [0, 0.05) is 5.56 Å². The molecule has 0 fully saturated rings. The molecule has 1 heterocycles. The van der Waals surface area contributed by atoms with E-state index < -0.39 is 0 Å². The molecule has 0 aliphatic heterocycles. The largest absolute Gasteiger partial charge is 0.374 e. The van der Waals surface area contributed by atoms with Crippen molar-refractivity contribution >= 4 is 10.9 Å². The van der Waals surface area contributed by atoms with Crippen molar-refractivity contribution in [1.82, 2.24) is 9.97 Å². The standard InChI is InChI=1S/C18H18N2O2/c1-12(2)22-11-13-6-5-7-14(10-13)17-19-16-9-4-3-8-15(16)18(21)20-17/h3-10,12H,11H2,1-2H3,(H,19,20,21). The van der Waals surface area contributed by atoms with Crippen LogP contribution in [0.25, 0.3) is 22.3 Å². The first-order valence-electron chi connectivity index (χ1n) is 7.33. The van der Waals surface area contributed by atoms with Gasteiger partial charge in [-0.25, -0.2) is 4.98 Å². The molecule has 3 rings (SSSR count). The highest BCUT2D eigenvalue weighted by Crippen LogP contribution is 2.18. The SMILES string of the molecule is CC(C)OCc1cccc(-c2nc3ccccc3c(=O)[nH]2)c1. The zero-order valence-corrected chi connectivity index (χ0v) is 12.7. The predicted octanol–water partition coefficient (Wildman–Crippen LogP) is 3.52. The lowest BCUT2D eigenvalue weighted by atomic mass is 10.1. The number of fused-ring (bicyclic) bond motifs is 1. The molecule has 0 saturated heterocycles. The average molecular weight is 294 g/mol. The molecule has 0 unspecified atom stereocenters. The lowest BCUT2D eigenvalue weighted by Crippen LogP contribution is -2.09. The van der Waals surface area contributed by atoms with Gasteiger partial charge in [0.15, 0.2) is 0 Å². The van der Waals surface area contributed by atoms with E-state index in [-0.39, 0.29) is 11.7 Å². The highest BCUT2D eigenvalue weighted by molar-refractivity contribution is 5.79. The minimum Gasteiger partial charge on any atom is -0.374 e. The molecule has 0 amide bonds. The zero-order valence-electron chi connectivity index (χ0n) is 12.7. The number of ether oxygens (including phenoxy) is 1. The second-order valence-corrected chi connectivity index (χ2v) is 5.49. The van der Waals surface area contributed by atoms with Crippen molar-refractivity contribution in [3.63, 3.8) is 0 Å². The van der Waals surface area contributed by atoms with E-state index in [1.54, 1.807) is 6.07 Å². The Morgan fingerprint density at radius 1 is 1.14 bits per heavy atom. The number of nitrogens with one attached hydrogen (secondary N) is 1. The molecule has 0 bridgehead atoms. The molecular weight excluding hydrogens is 276 g/mol. The zero-order chi connectivity index (χ0) is 15.5. The first kappa shape index (κ1) is 14.5. The lowest BCUT2D eigenvalue weighted by Gasteiger charge is -2.09. The molecule has 0 atom stereocenters. The van der Waals surface area contributed by atoms with Crippen LogP contribution >= 0.6 is 0 Å². The number of aromatic amines is 1. The molecule has 4 heteroatoms. The van der Waals surface area contributed by atoms with Crippen LogP contribution in [0.3, 0.4) is 0 Å². The van der Waals surface area contributed by atoms with E-state index in [9.17, 15) is 4.79 Å². The van der Waals surface area contributed by atoms with Crippen LogP contribution in [0.15, 0.2) is 53.3 Å². The molecular formula is C18H18N2O2. The van der Waals surface area contributed by atoms with E-state index >= 15 is 0 Å². The maximum absolute atomic E-state index is 12.2. The summed E-state index contributed by atoms with van der Waals surface area (Å²) in [6, 6.07) is 15.2. The van der Waals surface area contributed by atoms with Gasteiger partial charge in [-0.3, -0.25) is 4.79 Å². The summed E-state index contributed by atoms with van der Waals surface area (Å²) in [4.78, 5) is 19.6. The quantitative estimate of drug-likeness (QED) is 0.801. The Hall–Kier alpha value is -2.46. The van der Waals surface area contributed by atoms with Gasteiger partial charge in [0.1, 0.15) is 5.82 Å². The molecule has 0 radical (unpaired) electrons. The van der Waals surface area contributed by atoms with Crippen LogP contribution in [0.1, 0.15) is 19.4 Å². The Bertz CT molecular complexity index is 853. The van der Waals surface area contributed by atoms with Gasteiger partial charge in [0.25, 0.3) is 5.56 Å². The second kappa shape index (κ2) is 6.12. The summed E-state index contributed by atoms with van der Waals surface area (Å²) in [7, 11) is 0. The number of hydrogen-bond acceptors (Lipinski definition) is 3. The maximum atomic E-state index is 12.2. The van der Waals surface area contributed by atoms with E-state index in [4.69, 9.17) is 4.74 Å². The lowest BCUT2D eigenvalue weighted by molar-refractivity contribution is 0.0657. The molecule has 0 saturated carbocycles. The van der Waals surface area contributed by atoms with Crippen LogP contribution in [0.4, 0.5) is 0 Å². The van der Waals surface area contributed by atoms with Crippen LogP contribution < -0.4 is 5.56 Å². The summed E-state index contributed by atoms with van der Waals surface area (Å²) in [6.45, 7) is 4.56. The molecule has 112 valence electrons. The summed E-state index contributed by atoms with van der Waals surface area (Å²) < 4.78 is 5.62. The monoisotopic (exact) mass is 294 g/mol. The topological polar surface area (TPSA) is 55.0 Å². The number of benzene rings is 2. The summed E-state index contributed by atoms with van der Waals surface area (Å²) in [5.74, 6) is 0.579. The smallest absolute Gasteiger partial charge is 0.259 e. The van der Waals surface area contributed by atoms with Gasteiger partial charge in [-0.1, -0.05) is 30.3 Å². The molecule has 0 aliphatic rings. The molecule has 1 aromatic heterocycles. The molecule has 0 spiro atoms. The number of hydrogen-bond donors (Lipinski definition) is 1. The third-order valence-corrected chi connectivity index (χ3v) is 3.40. The minimum atomic E-state index is -0.121. The summed E-state index contributed by atoms with van der Waals surface area (Å²) in [6.07, 6.45) is 0.183. The van der Waals surface area contributed by atoms with Gasteiger partial charge in [-0.05, 0) is 37.6 Å². The Kier molecular flexibility index (Phi) is 4.02. The molecule has 22 heavy (non-hydrogen) atoms. The van der Waals surface area contributed by atoms with E-state index in [1.807, 2.05) is 56.3 Å². The minimum absolute atomic E-state index is 0.121. The first-order valence-corrected chi connectivity index (χ1v) is 7.33. The van der Waals surface area contributed by atoms with E-state index in [2.05, 4.69) is 9.97 Å². The normalized spacial score (nSPS) is 11.2. The van der Waals surface area contributed by atoms with Gasteiger partial charge in [-0.15, -0.1) is 0 Å². The van der Waals surface area contributed by atoms with Crippen LogP contribution in [-0.2, 0) is 11.3 Å². The van der Waals surface area contributed by atoms with Gasteiger partial charge in [0.2, 0.25) is 0 Å². The summed E-state index contributed by atoms with van der Waals surface area (Å²) >= 11 is 0. The average Bonchev–Trinajstić information content (AvgIpc) is 2.53. The molecule has 2 aromatic carbocycles. The van der Waals surface area contributed by atoms with E-state index in [0.717, 1.165) is 11.1 Å². The third-order valence-electron chi connectivity index (χ3n) is 3.40. The Labute approximate surface area is 128 Å². The fraction of sp³-hybridized carbons (Fsp3) is 0.222. The Morgan fingerprint density at radius 3 is 2.77 bits per heavy atom. The van der Waals surface area contributed by atoms with Gasteiger partial charge in [0.05, 0.1) is 23.6 Å². The van der Waals surface area contributed by atoms with E-state index in [1.165, 1.54) is 0 Å². The fourth-order valence-electron chi connectivity index (χ4n) is 2.29. The fourth-order valence-corrected chi connectivity index (χ4v) is 2.29. The Balaban J connectivity index is 2.00. The van der Waals surface area contributed by atoms with Gasteiger partial charge < -0.3 is 9.72 Å². The first-order chi connectivity index (χ1) is 10.6. The van der Waals surface area contributed by atoms with Gasteiger partial charge in [-0.2, -0.15) is 0 Å². The number of aromatic nitrogens is 2. The van der Waals surface area contributed by atoms with Crippen molar-refractivity contribution in [2.24, 2.45) is 0 Å². The van der Waals surface area contributed by atoms with Crippen molar-refractivity contribution in [2.75, 3.05) is 0 Å². The van der Waals surface area contributed by atoms with Crippen LogP contribution in [0.2, 0.25) is 0 Å². The molecule has 3 aromatic rings. The van der Waals surface area contributed by atoms with Crippen LogP contribution in [0.5, 0.6) is 0 Å². The highest BCUT2D eigenvalue weighted by atomic mass is 16.5. The number of para-hydroxylation sites is 1. The third kappa shape index (κ3) is 3.07. The maximum Gasteiger partial charge on any atom is 0.259 e. The van der Waals surface area contributed by atoms with Crippen molar-refractivity contribution in [3.8, 4) is 11.4 Å². The molecule has 1 N–H and O–H groups in total. The number of H-pyrrole nitrogens is 1. The number of rotatable bonds is 4. The predicted molar refractivity (Wildman–Crippen MR) is 87.7 cm³/mol. The van der Waals surface area contributed by atoms with E-state index in [0.29, 0.717) is 23.3 Å².